The average Bonchev–Trinajstić information content (AvgIpc) is 3.33. The quantitative estimate of drug-likeness (QED) is 0.283. The summed E-state index contributed by atoms with van der Waals surface area (Å²) in [6.07, 6.45) is 8.24. The number of carbonyl (C=O) groups is 3. The first-order valence-electron chi connectivity index (χ1n) is 16.3. The van der Waals surface area contributed by atoms with Crippen LogP contribution in [0.5, 0.6) is 0 Å². The lowest BCUT2D eigenvalue weighted by Gasteiger charge is -2.61. The molecule has 3 N–H and O–H groups in total. The van der Waals surface area contributed by atoms with Gasteiger partial charge in [0, 0.05) is 41.5 Å². The summed E-state index contributed by atoms with van der Waals surface area (Å²) in [5.41, 5.74) is 4.76. The molecule has 0 saturated heterocycles. The van der Waals surface area contributed by atoms with E-state index >= 15 is 0 Å². The number of ketones is 1. The van der Waals surface area contributed by atoms with E-state index in [0.29, 0.717) is 12.8 Å². The van der Waals surface area contributed by atoms with Crippen molar-refractivity contribution in [3.63, 3.8) is 0 Å². The highest BCUT2D eigenvalue weighted by atomic mass is 32.2. The van der Waals surface area contributed by atoms with E-state index in [-0.39, 0.29) is 63.8 Å². The lowest BCUT2D eigenvalue weighted by molar-refractivity contribution is -0.205. The van der Waals surface area contributed by atoms with Gasteiger partial charge < -0.3 is 20.5 Å². The zero-order chi connectivity index (χ0) is 31.2. The lowest BCUT2D eigenvalue weighted by atomic mass is 9.44. The van der Waals surface area contributed by atoms with Gasteiger partial charge in [-0.25, -0.2) is 0 Å². The highest BCUT2D eigenvalue weighted by Gasteiger charge is 2.68. The Morgan fingerprint density at radius 1 is 1.19 bits per heavy atom. The van der Waals surface area contributed by atoms with Crippen molar-refractivity contribution < 1.29 is 24.2 Å². The number of amides is 1. The Morgan fingerprint density at radius 3 is 2.50 bits per heavy atom. The van der Waals surface area contributed by atoms with E-state index in [1.807, 2.05) is 38.8 Å². The van der Waals surface area contributed by atoms with Crippen molar-refractivity contribution >= 4 is 29.4 Å². The zero-order valence-corrected chi connectivity index (χ0v) is 27.9. The van der Waals surface area contributed by atoms with Gasteiger partial charge in [0.05, 0.1) is 17.9 Å². The fraction of sp³-hybridized carbons (Fsp3) is 0.853. The number of nitrogens with zero attached hydrogens (tertiary/aromatic N) is 1. The molecule has 0 heterocycles. The number of aliphatic hydroxyl groups is 1. The Labute approximate surface area is 258 Å². The number of rotatable bonds is 8. The fourth-order valence-corrected chi connectivity index (χ4v) is 10.6. The minimum absolute atomic E-state index is 0.0311. The molecule has 4 fully saturated rings. The number of likely N-dealkylation sites (N-methyl/N-ethyl adjacent to an activating group) is 1. The lowest BCUT2D eigenvalue weighted by Crippen LogP contribution is -2.63. The van der Waals surface area contributed by atoms with Gasteiger partial charge in [-0.3, -0.25) is 14.4 Å². The SMILES string of the molecule is C=C[C@]1(C)C[C@@H](OC(=O)CSC2CCCCC2N(C)C(=O)C(N)C(C)C)[C@]2(C)C(C)CCC3(CCC(=O)C32)[C@@H](C)C1O. The van der Waals surface area contributed by atoms with Gasteiger partial charge in [-0.2, -0.15) is 0 Å². The summed E-state index contributed by atoms with van der Waals surface area (Å²) in [5, 5.41) is 11.9. The fourth-order valence-electron chi connectivity index (χ4n) is 9.27. The molecule has 0 radical (unpaired) electrons. The molecule has 0 aromatic rings. The molecule has 238 valence electrons. The molecule has 0 aromatic heterocycles. The molecule has 0 spiro atoms. The largest absolute Gasteiger partial charge is 0.461 e. The van der Waals surface area contributed by atoms with Crippen LogP contribution in [0.3, 0.4) is 0 Å². The summed E-state index contributed by atoms with van der Waals surface area (Å²) in [7, 11) is 1.85. The monoisotopic (exact) mass is 604 g/mol. The molecular weight excluding hydrogens is 548 g/mol. The van der Waals surface area contributed by atoms with Gasteiger partial charge >= 0.3 is 5.97 Å². The standard InChI is InChI=1S/C34H56N2O5S/c1-9-32(6)18-26(33(7)21(4)14-16-34(22(5)30(32)39)17-15-24(37)29(33)34)41-27(38)19-42-25-13-11-10-12-23(25)36(8)31(40)28(35)20(2)3/h9,20-23,25-26,28-30,39H,1,10-19,35H2,2-8H3/t21?,22-,23?,25?,26+,28?,29?,30?,32+,33-,34?/m0/s1. The van der Waals surface area contributed by atoms with Crippen molar-refractivity contribution in [3.8, 4) is 0 Å². The van der Waals surface area contributed by atoms with Crippen LogP contribution in [0.2, 0.25) is 0 Å². The third-order valence-electron chi connectivity index (χ3n) is 12.5. The van der Waals surface area contributed by atoms with E-state index in [4.69, 9.17) is 10.5 Å². The van der Waals surface area contributed by atoms with Gasteiger partial charge in [0.2, 0.25) is 5.91 Å². The summed E-state index contributed by atoms with van der Waals surface area (Å²) in [5.74, 6) is 0.101. The smallest absolute Gasteiger partial charge is 0.316 e. The van der Waals surface area contributed by atoms with E-state index in [9.17, 15) is 19.5 Å². The number of hydrogen-bond donors (Lipinski definition) is 2. The van der Waals surface area contributed by atoms with E-state index in [2.05, 4.69) is 27.4 Å². The van der Waals surface area contributed by atoms with E-state index in [1.165, 1.54) is 0 Å². The van der Waals surface area contributed by atoms with Crippen LogP contribution in [0.1, 0.15) is 99.3 Å². The van der Waals surface area contributed by atoms with Gasteiger partial charge in [-0.05, 0) is 61.7 Å². The number of hydrogen-bond acceptors (Lipinski definition) is 7. The topological polar surface area (TPSA) is 110 Å². The van der Waals surface area contributed by atoms with Crippen LogP contribution < -0.4 is 5.73 Å². The van der Waals surface area contributed by atoms with Crippen LogP contribution >= 0.6 is 11.8 Å². The second kappa shape index (κ2) is 12.5. The van der Waals surface area contributed by atoms with Crippen LogP contribution in [0, 0.1) is 39.9 Å². The van der Waals surface area contributed by atoms with Crippen molar-refractivity contribution in [1.82, 2.24) is 4.90 Å². The van der Waals surface area contributed by atoms with Crippen molar-refractivity contribution in [3.05, 3.63) is 12.7 Å². The zero-order valence-electron chi connectivity index (χ0n) is 27.1. The number of nitrogens with two attached hydrogens (primary N) is 1. The maximum absolute atomic E-state index is 13.7. The molecule has 42 heavy (non-hydrogen) atoms. The third-order valence-corrected chi connectivity index (χ3v) is 13.9. The third kappa shape index (κ3) is 5.62. The van der Waals surface area contributed by atoms with E-state index in [0.717, 1.165) is 44.9 Å². The first kappa shape index (κ1) is 33.5. The maximum atomic E-state index is 13.7. The molecule has 7 nitrogen and oxygen atoms in total. The predicted octanol–water partition coefficient (Wildman–Crippen LogP) is 5.38. The Hall–Kier alpha value is -1.38. The number of carbonyl (C=O) groups excluding carboxylic acids is 3. The van der Waals surface area contributed by atoms with Crippen LogP contribution in [0.15, 0.2) is 12.7 Å². The van der Waals surface area contributed by atoms with Gasteiger partial charge in [-0.1, -0.05) is 60.5 Å². The highest BCUT2D eigenvalue weighted by molar-refractivity contribution is 8.00. The van der Waals surface area contributed by atoms with Gasteiger partial charge in [0.15, 0.2) is 0 Å². The molecular formula is C34H56N2O5S. The first-order chi connectivity index (χ1) is 19.6. The van der Waals surface area contributed by atoms with E-state index < -0.39 is 29.1 Å². The summed E-state index contributed by atoms with van der Waals surface area (Å²) >= 11 is 1.58. The summed E-state index contributed by atoms with van der Waals surface area (Å²) < 4.78 is 6.45. The molecule has 4 aliphatic rings. The van der Waals surface area contributed by atoms with Crippen LogP contribution in [0.25, 0.3) is 0 Å². The Kier molecular flexibility index (Phi) is 10.0. The number of ether oxygens (including phenoxy) is 1. The molecule has 2 bridgehead atoms. The van der Waals surface area contributed by atoms with Crippen molar-refractivity contribution in [2.24, 2.45) is 45.7 Å². The molecule has 4 rings (SSSR count). The minimum Gasteiger partial charge on any atom is -0.461 e. The molecule has 1 amide bonds. The molecule has 8 heteroatoms. The summed E-state index contributed by atoms with van der Waals surface area (Å²) in [6, 6.07) is -0.503. The van der Waals surface area contributed by atoms with Crippen molar-refractivity contribution in [2.75, 3.05) is 12.8 Å². The van der Waals surface area contributed by atoms with E-state index in [1.54, 1.807) is 11.8 Å². The minimum atomic E-state index is -0.676. The Balaban J connectivity index is 1.56. The number of esters is 1. The normalized spacial score (nSPS) is 42.7. The molecule has 0 aliphatic heterocycles. The predicted molar refractivity (Wildman–Crippen MR) is 169 cm³/mol. The number of Topliss-reactive ketones (excluding diaryl/α,β-unsaturated/α-hetero) is 1. The van der Waals surface area contributed by atoms with Crippen LogP contribution in [0.4, 0.5) is 0 Å². The summed E-state index contributed by atoms with van der Waals surface area (Å²) in [4.78, 5) is 42.2. The van der Waals surface area contributed by atoms with Gasteiger partial charge in [0.25, 0.3) is 0 Å². The van der Waals surface area contributed by atoms with Crippen molar-refractivity contribution in [2.45, 2.75) is 129 Å². The second-order valence-electron chi connectivity index (χ2n) is 15.0. The van der Waals surface area contributed by atoms with Gasteiger partial charge in [0.1, 0.15) is 11.9 Å². The first-order valence-corrected chi connectivity index (χ1v) is 17.4. The average molecular weight is 605 g/mol. The number of aliphatic hydroxyl groups excluding tert-OH is 1. The number of thioether (sulfide) groups is 1. The Morgan fingerprint density at radius 2 is 1.86 bits per heavy atom. The van der Waals surface area contributed by atoms with Crippen LogP contribution in [-0.2, 0) is 19.1 Å². The second-order valence-corrected chi connectivity index (χ2v) is 16.2. The van der Waals surface area contributed by atoms with Gasteiger partial charge in [-0.15, -0.1) is 18.3 Å². The maximum Gasteiger partial charge on any atom is 0.316 e. The molecule has 11 atom stereocenters. The molecule has 4 aliphatic carbocycles. The summed E-state index contributed by atoms with van der Waals surface area (Å²) in [6.45, 7) is 16.6. The van der Waals surface area contributed by atoms with Crippen molar-refractivity contribution in [1.29, 1.82) is 0 Å². The Bertz CT molecular complexity index is 1050. The van der Waals surface area contributed by atoms with Crippen LogP contribution in [-0.4, -0.2) is 70.0 Å². The molecule has 0 aromatic carbocycles. The molecule has 4 saturated carbocycles. The molecule has 7 unspecified atom stereocenters. The highest BCUT2D eigenvalue weighted by Crippen LogP contribution is 2.68.